The monoisotopic (exact) mass is 347 g/mol. The van der Waals surface area contributed by atoms with Crippen LogP contribution in [0.1, 0.15) is 36.3 Å². The summed E-state index contributed by atoms with van der Waals surface area (Å²) in [6, 6.07) is 5.08. The minimum absolute atomic E-state index is 0.0308. The number of H-pyrrole nitrogens is 1. The standard InChI is InChI=1S/C18H21ClN2O3/c1-10-5-11(2)9-21(8-10)16(22)7-14-13-6-12(19)3-4-15(13)20-17(14)18(23)24/h3-4,6,10-11,20H,5,7-9H2,1-2H3,(H,23,24)/p-1. The minimum Gasteiger partial charge on any atom is -0.543 e. The van der Waals surface area contributed by atoms with Crippen molar-refractivity contribution < 1.29 is 14.7 Å². The summed E-state index contributed by atoms with van der Waals surface area (Å²) in [4.78, 5) is 28.8. The number of carboxylic acid groups (broad SMARTS) is 1. The fraction of sp³-hybridized carbons (Fsp3) is 0.444. The third-order valence-corrected chi connectivity index (χ3v) is 4.86. The van der Waals surface area contributed by atoms with E-state index in [1.165, 1.54) is 0 Å². The molecule has 2 aromatic rings. The van der Waals surface area contributed by atoms with Gasteiger partial charge < -0.3 is 19.8 Å². The van der Waals surface area contributed by atoms with E-state index in [1.54, 1.807) is 18.2 Å². The van der Waals surface area contributed by atoms with Crippen molar-refractivity contribution in [2.45, 2.75) is 26.7 Å². The molecule has 0 radical (unpaired) electrons. The molecule has 2 atom stereocenters. The lowest BCUT2D eigenvalue weighted by atomic mass is 9.91. The number of carboxylic acids is 1. The first kappa shape index (κ1) is 16.8. The van der Waals surface area contributed by atoms with Gasteiger partial charge in [-0.15, -0.1) is 0 Å². The maximum Gasteiger partial charge on any atom is 0.227 e. The fourth-order valence-corrected chi connectivity index (χ4v) is 3.88. The van der Waals surface area contributed by atoms with E-state index in [0.717, 1.165) is 6.42 Å². The van der Waals surface area contributed by atoms with Crippen LogP contribution in [0.25, 0.3) is 10.9 Å². The second kappa shape index (κ2) is 6.48. The van der Waals surface area contributed by atoms with Crippen molar-refractivity contribution in [1.29, 1.82) is 0 Å². The zero-order chi connectivity index (χ0) is 17.4. The first-order chi connectivity index (χ1) is 11.3. The Morgan fingerprint density at radius 2 is 1.96 bits per heavy atom. The third kappa shape index (κ3) is 3.26. The topological polar surface area (TPSA) is 76.2 Å². The summed E-state index contributed by atoms with van der Waals surface area (Å²) in [5.74, 6) is -0.464. The van der Waals surface area contributed by atoms with E-state index in [-0.39, 0.29) is 18.0 Å². The average Bonchev–Trinajstić information content (AvgIpc) is 2.84. The van der Waals surface area contributed by atoms with Crippen molar-refractivity contribution in [3.63, 3.8) is 0 Å². The zero-order valence-electron chi connectivity index (χ0n) is 13.8. The molecule has 1 aromatic carbocycles. The number of amides is 1. The maximum atomic E-state index is 12.7. The normalized spacial score (nSPS) is 21.2. The van der Waals surface area contributed by atoms with Crippen LogP contribution in [-0.2, 0) is 11.2 Å². The maximum absolute atomic E-state index is 12.7. The van der Waals surface area contributed by atoms with Crippen LogP contribution in [-0.4, -0.2) is 34.8 Å². The third-order valence-electron chi connectivity index (χ3n) is 4.62. The number of likely N-dealkylation sites (tertiary alicyclic amines) is 1. The molecule has 6 heteroatoms. The lowest BCUT2D eigenvalue weighted by molar-refractivity contribution is -0.255. The molecule has 3 rings (SSSR count). The second-order valence-corrected chi connectivity index (χ2v) is 7.31. The minimum atomic E-state index is -1.31. The van der Waals surface area contributed by atoms with Gasteiger partial charge in [-0.3, -0.25) is 4.79 Å². The molecule has 128 valence electrons. The van der Waals surface area contributed by atoms with Gasteiger partial charge in [-0.2, -0.15) is 0 Å². The highest BCUT2D eigenvalue weighted by Gasteiger charge is 2.26. The van der Waals surface area contributed by atoms with Gasteiger partial charge in [0.1, 0.15) is 0 Å². The van der Waals surface area contributed by atoms with Crippen molar-refractivity contribution in [3.05, 3.63) is 34.5 Å². The molecule has 1 aliphatic heterocycles. The lowest BCUT2D eigenvalue weighted by Crippen LogP contribution is -2.43. The van der Waals surface area contributed by atoms with Gasteiger partial charge in [0.05, 0.1) is 18.1 Å². The van der Waals surface area contributed by atoms with Gasteiger partial charge in [-0.25, -0.2) is 0 Å². The summed E-state index contributed by atoms with van der Waals surface area (Å²) in [6.07, 6.45) is 1.14. The van der Waals surface area contributed by atoms with E-state index in [1.807, 2.05) is 4.90 Å². The van der Waals surface area contributed by atoms with Crippen LogP contribution in [0, 0.1) is 11.8 Å². The predicted octanol–water partition coefficient (Wildman–Crippen LogP) is 2.23. The number of nitrogens with zero attached hydrogens (tertiary/aromatic N) is 1. The number of carbonyl (C=O) groups is 2. The number of aromatic amines is 1. The predicted molar refractivity (Wildman–Crippen MR) is 90.9 cm³/mol. The first-order valence-corrected chi connectivity index (χ1v) is 8.52. The van der Waals surface area contributed by atoms with Crippen LogP contribution in [0.3, 0.4) is 0 Å². The molecule has 24 heavy (non-hydrogen) atoms. The molecule has 1 aliphatic rings. The summed E-state index contributed by atoms with van der Waals surface area (Å²) in [7, 11) is 0. The Bertz CT molecular complexity index is 789. The number of rotatable bonds is 3. The van der Waals surface area contributed by atoms with E-state index in [4.69, 9.17) is 11.6 Å². The van der Waals surface area contributed by atoms with E-state index in [0.29, 0.717) is 46.4 Å². The van der Waals surface area contributed by atoms with E-state index in [2.05, 4.69) is 18.8 Å². The number of halogens is 1. The fourth-order valence-electron chi connectivity index (χ4n) is 3.71. The molecule has 2 unspecified atom stereocenters. The molecule has 1 amide bonds. The molecule has 0 saturated carbocycles. The number of carbonyl (C=O) groups excluding carboxylic acids is 2. The van der Waals surface area contributed by atoms with Crippen LogP contribution < -0.4 is 5.11 Å². The Hall–Kier alpha value is -2.01. The highest BCUT2D eigenvalue weighted by atomic mass is 35.5. The average molecular weight is 348 g/mol. The van der Waals surface area contributed by atoms with Gasteiger partial charge in [0, 0.05) is 29.0 Å². The molecular weight excluding hydrogens is 328 g/mol. The molecule has 5 nitrogen and oxygen atoms in total. The van der Waals surface area contributed by atoms with Gasteiger partial charge in [0.15, 0.2) is 0 Å². The molecule has 0 aliphatic carbocycles. The van der Waals surface area contributed by atoms with Gasteiger partial charge >= 0.3 is 0 Å². The Labute approximate surface area is 145 Å². The van der Waals surface area contributed by atoms with E-state index < -0.39 is 5.97 Å². The Kier molecular flexibility index (Phi) is 4.54. The number of benzene rings is 1. The SMILES string of the molecule is CC1CC(C)CN(C(=O)Cc2c(C(=O)[O-])[nH]c3ccc(Cl)cc23)C1. The van der Waals surface area contributed by atoms with Gasteiger partial charge in [-0.05, 0) is 42.0 Å². The van der Waals surface area contributed by atoms with Crippen LogP contribution in [0.5, 0.6) is 0 Å². The van der Waals surface area contributed by atoms with E-state index in [9.17, 15) is 14.7 Å². The molecule has 1 N–H and O–H groups in total. The summed E-state index contributed by atoms with van der Waals surface area (Å²) in [5.41, 5.74) is 1.05. The first-order valence-electron chi connectivity index (χ1n) is 8.14. The second-order valence-electron chi connectivity index (χ2n) is 6.88. The van der Waals surface area contributed by atoms with E-state index >= 15 is 0 Å². The number of fused-ring (bicyclic) bond motifs is 1. The molecular formula is C18H20ClN2O3-. The Morgan fingerprint density at radius 3 is 2.58 bits per heavy atom. The number of piperidine rings is 1. The molecule has 1 fully saturated rings. The molecule has 1 aromatic heterocycles. The number of hydrogen-bond donors (Lipinski definition) is 1. The Balaban J connectivity index is 1.93. The summed E-state index contributed by atoms with van der Waals surface area (Å²) in [6.45, 7) is 5.70. The van der Waals surface area contributed by atoms with Crippen molar-refractivity contribution in [2.24, 2.45) is 11.8 Å². The highest BCUT2D eigenvalue weighted by molar-refractivity contribution is 6.31. The molecule has 1 saturated heterocycles. The molecule has 2 heterocycles. The summed E-state index contributed by atoms with van der Waals surface area (Å²) >= 11 is 6.03. The van der Waals surface area contributed by atoms with Crippen molar-refractivity contribution in [1.82, 2.24) is 9.88 Å². The van der Waals surface area contributed by atoms with Crippen molar-refractivity contribution in [2.75, 3.05) is 13.1 Å². The van der Waals surface area contributed by atoms with Crippen molar-refractivity contribution in [3.8, 4) is 0 Å². The quantitative estimate of drug-likeness (QED) is 0.925. The lowest BCUT2D eigenvalue weighted by Gasteiger charge is -2.35. The molecule has 0 spiro atoms. The largest absolute Gasteiger partial charge is 0.543 e. The van der Waals surface area contributed by atoms with Crippen molar-refractivity contribution >= 4 is 34.4 Å². The van der Waals surface area contributed by atoms with Crippen LogP contribution in [0.15, 0.2) is 18.2 Å². The summed E-state index contributed by atoms with van der Waals surface area (Å²) in [5, 5.41) is 12.6. The number of hydrogen-bond acceptors (Lipinski definition) is 3. The number of aromatic nitrogens is 1. The smallest absolute Gasteiger partial charge is 0.227 e. The van der Waals surface area contributed by atoms with Gasteiger partial charge in [-0.1, -0.05) is 25.4 Å². The molecule has 0 bridgehead atoms. The van der Waals surface area contributed by atoms with Crippen LogP contribution >= 0.6 is 11.6 Å². The zero-order valence-corrected chi connectivity index (χ0v) is 14.5. The highest BCUT2D eigenvalue weighted by Crippen LogP contribution is 2.27. The number of aromatic carboxylic acids is 1. The van der Waals surface area contributed by atoms with Crippen LogP contribution in [0.2, 0.25) is 5.02 Å². The summed E-state index contributed by atoms with van der Waals surface area (Å²) < 4.78 is 0. The number of nitrogens with one attached hydrogen (secondary N) is 1. The van der Waals surface area contributed by atoms with Gasteiger partial charge in [0.25, 0.3) is 0 Å². The van der Waals surface area contributed by atoms with Crippen LogP contribution in [0.4, 0.5) is 0 Å². The Morgan fingerprint density at radius 1 is 1.29 bits per heavy atom. The van der Waals surface area contributed by atoms with Gasteiger partial charge in [0.2, 0.25) is 5.91 Å².